The molecule has 2 bridgehead atoms. The van der Waals surface area contributed by atoms with Crippen molar-refractivity contribution in [3.8, 4) is 0 Å². The van der Waals surface area contributed by atoms with E-state index in [0.29, 0.717) is 12.7 Å². The third kappa shape index (κ3) is 2.00. The molecule has 13 heavy (non-hydrogen) atoms. The van der Waals surface area contributed by atoms with Crippen molar-refractivity contribution in [3.63, 3.8) is 0 Å². The number of fused-ring (bicyclic) bond motifs is 2. The van der Waals surface area contributed by atoms with Crippen LogP contribution in [0.15, 0.2) is 0 Å². The summed E-state index contributed by atoms with van der Waals surface area (Å²) in [7, 11) is 0. The zero-order valence-corrected chi connectivity index (χ0v) is 7.44. The zero-order valence-electron chi connectivity index (χ0n) is 7.44. The number of hydrogen-bond acceptors (Lipinski definition) is 3. The first kappa shape index (κ1) is 8.97. The Labute approximate surface area is 76.8 Å². The van der Waals surface area contributed by atoms with Crippen molar-refractivity contribution in [1.82, 2.24) is 0 Å². The molecule has 0 saturated carbocycles. The lowest BCUT2D eigenvalue weighted by Crippen LogP contribution is -2.26. The zero-order chi connectivity index (χ0) is 9.26. The highest BCUT2D eigenvalue weighted by Gasteiger charge is 2.41. The summed E-state index contributed by atoms with van der Waals surface area (Å²) in [5.74, 6) is -0.802. The number of aliphatic carboxylic acids is 1. The Bertz CT molecular complexity index is 204. The quantitative estimate of drug-likeness (QED) is 0.705. The third-order valence-electron chi connectivity index (χ3n) is 2.70. The second-order valence-electron chi connectivity index (χ2n) is 3.66. The van der Waals surface area contributed by atoms with Crippen LogP contribution in [0.4, 0.5) is 0 Å². The van der Waals surface area contributed by atoms with Gasteiger partial charge < -0.3 is 14.6 Å². The molecule has 4 heteroatoms. The lowest BCUT2D eigenvalue weighted by Gasteiger charge is -2.18. The molecule has 0 aliphatic carbocycles. The van der Waals surface area contributed by atoms with Gasteiger partial charge in [-0.15, -0.1) is 0 Å². The maximum atomic E-state index is 10.2. The van der Waals surface area contributed by atoms with Crippen LogP contribution in [-0.4, -0.2) is 36.0 Å². The van der Waals surface area contributed by atoms with Gasteiger partial charge in [-0.05, 0) is 12.8 Å². The van der Waals surface area contributed by atoms with E-state index in [1.165, 1.54) is 0 Å². The molecule has 0 aromatic heterocycles. The van der Waals surface area contributed by atoms with E-state index in [2.05, 4.69) is 0 Å². The van der Waals surface area contributed by atoms with Crippen LogP contribution in [0, 0.1) is 0 Å². The lowest BCUT2D eigenvalue weighted by molar-refractivity contribution is -0.139. The van der Waals surface area contributed by atoms with Gasteiger partial charge in [-0.3, -0.25) is 4.79 Å². The van der Waals surface area contributed by atoms with Crippen LogP contribution in [0.2, 0.25) is 0 Å². The monoisotopic (exact) mass is 186 g/mol. The van der Waals surface area contributed by atoms with Crippen LogP contribution in [-0.2, 0) is 14.3 Å². The van der Waals surface area contributed by atoms with Gasteiger partial charge in [-0.1, -0.05) is 0 Å². The molecular weight excluding hydrogens is 172 g/mol. The molecule has 0 spiro atoms. The standard InChI is InChI=1S/C9H14O4/c10-9(11)3-4-12-8-5-6-1-2-7(8)13-6/h6-8H,1-5H2,(H,10,11)/t6-,7+,8?/m0/s1. The molecule has 1 N–H and O–H groups in total. The fourth-order valence-electron chi connectivity index (χ4n) is 2.06. The van der Waals surface area contributed by atoms with Gasteiger partial charge in [-0.25, -0.2) is 0 Å². The predicted molar refractivity (Wildman–Crippen MR) is 44.5 cm³/mol. The van der Waals surface area contributed by atoms with Gasteiger partial charge in [0.25, 0.3) is 0 Å². The van der Waals surface area contributed by atoms with Crippen LogP contribution in [0.5, 0.6) is 0 Å². The Morgan fingerprint density at radius 3 is 2.92 bits per heavy atom. The van der Waals surface area contributed by atoms with E-state index in [-0.39, 0.29) is 18.6 Å². The molecule has 2 rings (SSSR count). The SMILES string of the molecule is O=C(O)CCOC1C[C@@H]2CC[C@H]1O2. The molecular formula is C9H14O4. The van der Waals surface area contributed by atoms with E-state index in [1.54, 1.807) is 0 Å². The van der Waals surface area contributed by atoms with Crippen molar-refractivity contribution < 1.29 is 19.4 Å². The number of carbonyl (C=O) groups is 1. The topological polar surface area (TPSA) is 55.8 Å². The summed E-state index contributed by atoms with van der Waals surface area (Å²) in [4.78, 5) is 10.2. The van der Waals surface area contributed by atoms with Crippen molar-refractivity contribution in [1.29, 1.82) is 0 Å². The van der Waals surface area contributed by atoms with Gasteiger partial charge in [0.05, 0.1) is 31.3 Å². The molecule has 0 aromatic rings. The van der Waals surface area contributed by atoms with E-state index < -0.39 is 5.97 Å². The Hall–Kier alpha value is -0.610. The predicted octanol–water partition coefficient (Wildman–Crippen LogP) is 0.798. The molecule has 1 unspecified atom stereocenters. The number of hydrogen-bond donors (Lipinski definition) is 1. The van der Waals surface area contributed by atoms with E-state index >= 15 is 0 Å². The maximum absolute atomic E-state index is 10.2. The number of carboxylic acids is 1. The van der Waals surface area contributed by atoms with Gasteiger partial charge in [-0.2, -0.15) is 0 Å². The van der Waals surface area contributed by atoms with Crippen LogP contribution in [0.3, 0.4) is 0 Å². The molecule has 2 aliphatic rings. The lowest BCUT2D eigenvalue weighted by atomic mass is 9.98. The Kier molecular flexibility index (Phi) is 2.51. The van der Waals surface area contributed by atoms with Crippen molar-refractivity contribution >= 4 is 5.97 Å². The highest BCUT2D eigenvalue weighted by atomic mass is 16.6. The van der Waals surface area contributed by atoms with Crippen molar-refractivity contribution in [2.45, 2.75) is 44.0 Å². The Morgan fingerprint density at radius 2 is 2.38 bits per heavy atom. The summed E-state index contributed by atoms with van der Waals surface area (Å²) in [6.07, 6.45) is 4.01. The van der Waals surface area contributed by atoms with Gasteiger partial charge in [0.2, 0.25) is 0 Å². The molecule has 0 amide bonds. The molecule has 0 aromatic carbocycles. The number of ether oxygens (including phenoxy) is 2. The largest absolute Gasteiger partial charge is 0.481 e. The Morgan fingerprint density at radius 1 is 1.54 bits per heavy atom. The molecule has 4 nitrogen and oxygen atoms in total. The summed E-state index contributed by atoms with van der Waals surface area (Å²) >= 11 is 0. The van der Waals surface area contributed by atoms with Crippen LogP contribution < -0.4 is 0 Å². The van der Waals surface area contributed by atoms with Crippen LogP contribution in [0.1, 0.15) is 25.7 Å². The highest BCUT2D eigenvalue weighted by molar-refractivity contribution is 5.66. The molecule has 2 heterocycles. The maximum Gasteiger partial charge on any atom is 0.305 e. The minimum atomic E-state index is -0.802. The molecule has 2 aliphatic heterocycles. The molecule has 0 radical (unpaired) electrons. The second-order valence-corrected chi connectivity index (χ2v) is 3.66. The fraction of sp³-hybridized carbons (Fsp3) is 0.889. The molecule has 2 fully saturated rings. The van der Waals surface area contributed by atoms with Crippen molar-refractivity contribution in [2.75, 3.05) is 6.61 Å². The summed E-state index contributed by atoms with van der Waals surface area (Å²) in [5, 5.41) is 8.41. The summed E-state index contributed by atoms with van der Waals surface area (Å²) in [6, 6.07) is 0. The number of carboxylic acid groups (broad SMARTS) is 1. The minimum Gasteiger partial charge on any atom is -0.481 e. The molecule has 3 atom stereocenters. The van der Waals surface area contributed by atoms with E-state index in [4.69, 9.17) is 14.6 Å². The first-order chi connectivity index (χ1) is 6.25. The fourth-order valence-corrected chi connectivity index (χ4v) is 2.06. The average molecular weight is 186 g/mol. The van der Waals surface area contributed by atoms with E-state index in [0.717, 1.165) is 19.3 Å². The van der Waals surface area contributed by atoms with E-state index in [9.17, 15) is 4.79 Å². The normalized spacial score (nSPS) is 36.8. The second kappa shape index (κ2) is 3.64. The summed E-state index contributed by atoms with van der Waals surface area (Å²) < 4.78 is 11.0. The van der Waals surface area contributed by atoms with Gasteiger partial charge in [0, 0.05) is 6.42 Å². The summed E-state index contributed by atoms with van der Waals surface area (Å²) in [5.41, 5.74) is 0. The highest BCUT2D eigenvalue weighted by Crippen LogP contribution is 2.35. The minimum absolute atomic E-state index is 0.0912. The first-order valence-corrected chi connectivity index (χ1v) is 4.74. The smallest absolute Gasteiger partial charge is 0.305 e. The molecule has 2 saturated heterocycles. The molecule has 74 valence electrons. The first-order valence-electron chi connectivity index (χ1n) is 4.74. The third-order valence-corrected chi connectivity index (χ3v) is 2.70. The van der Waals surface area contributed by atoms with Crippen LogP contribution >= 0.6 is 0 Å². The van der Waals surface area contributed by atoms with Crippen molar-refractivity contribution in [2.24, 2.45) is 0 Å². The van der Waals surface area contributed by atoms with E-state index in [1.807, 2.05) is 0 Å². The number of rotatable bonds is 4. The van der Waals surface area contributed by atoms with Gasteiger partial charge in [0.15, 0.2) is 0 Å². The van der Waals surface area contributed by atoms with Crippen molar-refractivity contribution in [3.05, 3.63) is 0 Å². The van der Waals surface area contributed by atoms with Gasteiger partial charge >= 0.3 is 5.97 Å². The Balaban J connectivity index is 1.68. The van der Waals surface area contributed by atoms with Gasteiger partial charge in [0.1, 0.15) is 0 Å². The average Bonchev–Trinajstić information content (AvgIpc) is 2.64. The van der Waals surface area contributed by atoms with Crippen LogP contribution in [0.25, 0.3) is 0 Å². The summed E-state index contributed by atoms with van der Waals surface area (Å²) in [6.45, 7) is 0.312.